The van der Waals surface area contributed by atoms with Gasteiger partial charge < -0.3 is 0 Å². The van der Waals surface area contributed by atoms with Crippen LogP contribution in [0.1, 0.15) is 19.8 Å². The first-order valence-corrected chi connectivity index (χ1v) is 3.35. The van der Waals surface area contributed by atoms with E-state index in [-0.39, 0.29) is 0 Å². The number of hydrogen-bond donors (Lipinski definition) is 0. The molecule has 1 aliphatic rings. The van der Waals surface area contributed by atoms with Crippen LogP contribution in [0.25, 0.3) is 0 Å². The first kappa shape index (κ1) is 6.09. The lowest BCUT2D eigenvalue weighted by atomic mass is 10.0. The highest BCUT2D eigenvalue weighted by Gasteiger charge is 2.07. The summed E-state index contributed by atoms with van der Waals surface area (Å²) in [4.78, 5) is 4.09. The third-order valence-corrected chi connectivity index (χ3v) is 1.73. The van der Waals surface area contributed by atoms with E-state index in [4.69, 9.17) is 11.6 Å². The van der Waals surface area contributed by atoms with Gasteiger partial charge in [0.15, 0.2) is 0 Å². The topological polar surface area (TPSA) is 12.4 Å². The molecule has 0 bridgehead atoms. The Kier molecular flexibility index (Phi) is 1.90. The maximum absolute atomic E-state index is 5.63. The second-order valence-electron chi connectivity index (χ2n) is 2.36. The third kappa shape index (κ3) is 1.48. The fourth-order valence-corrected chi connectivity index (χ4v) is 0.969. The van der Waals surface area contributed by atoms with E-state index in [0.717, 1.165) is 24.1 Å². The smallest absolute Gasteiger partial charge is 0.100 e. The Hall–Kier alpha value is -0.0400. The van der Waals surface area contributed by atoms with Crippen LogP contribution in [0.3, 0.4) is 0 Å². The van der Waals surface area contributed by atoms with Gasteiger partial charge in [-0.2, -0.15) is 0 Å². The molecule has 0 N–H and O–H groups in total. The highest BCUT2D eigenvalue weighted by atomic mass is 35.5. The van der Waals surface area contributed by atoms with Gasteiger partial charge in [-0.05, 0) is 12.3 Å². The molecule has 8 heavy (non-hydrogen) atoms. The Morgan fingerprint density at radius 3 is 2.88 bits per heavy atom. The van der Waals surface area contributed by atoms with Gasteiger partial charge in [0.05, 0.1) is 0 Å². The summed E-state index contributed by atoms with van der Waals surface area (Å²) in [5.41, 5.74) is 0. The van der Waals surface area contributed by atoms with Gasteiger partial charge in [0.1, 0.15) is 5.17 Å². The minimum atomic E-state index is 0.748. The number of aliphatic imine (C=N–C) groups is 1. The number of halogens is 1. The molecule has 0 radical (unpaired) electrons. The molecule has 0 aromatic carbocycles. The molecular weight excluding hydrogens is 122 g/mol. The molecule has 1 atom stereocenters. The number of nitrogens with zero attached hydrogens (tertiary/aromatic N) is 1. The van der Waals surface area contributed by atoms with Gasteiger partial charge in [0.2, 0.25) is 0 Å². The molecule has 0 fully saturated rings. The molecule has 2 heteroatoms. The van der Waals surface area contributed by atoms with Crippen molar-refractivity contribution in [2.24, 2.45) is 10.9 Å². The largest absolute Gasteiger partial charge is 0.277 e. The highest BCUT2D eigenvalue weighted by Crippen LogP contribution is 2.14. The van der Waals surface area contributed by atoms with E-state index in [0.29, 0.717) is 0 Å². The van der Waals surface area contributed by atoms with E-state index in [1.165, 1.54) is 6.42 Å². The van der Waals surface area contributed by atoms with Crippen molar-refractivity contribution in [2.45, 2.75) is 19.8 Å². The van der Waals surface area contributed by atoms with Crippen LogP contribution in [0.5, 0.6) is 0 Å². The van der Waals surface area contributed by atoms with Gasteiger partial charge in [-0.15, -0.1) is 0 Å². The van der Waals surface area contributed by atoms with Gasteiger partial charge >= 0.3 is 0 Å². The normalized spacial score (nSPS) is 29.8. The number of hydrogen-bond acceptors (Lipinski definition) is 1. The summed E-state index contributed by atoms with van der Waals surface area (Å²) in [5, 5.41) is 0.808. The zero-order chi connectivity index (χ0) is 5.98. The van der Waals surface area contributed by atoms with Crippen LogP contribution in [0.2, 0.25) is 0 Å². The zero-order valence-corrected chi connectivity index (χ0v) is 5.78. The summed E-state index contributed by atoms with van der Waals surface area (Å²) in [6, 6.07) is 0. The van der Waals surface area contributed by atoms with Crippen LogP contribution in [-0.4, -0.2) is 11.7 Å². The zero-order valence-electron chi connectivity index (χ0n) is 5.02. The van der Waals surface area contributed by atoms with Crippen molar-refractivity contribution in [3.63, 3.8) is 0 Å². The van der Waals surface area contributed by atoms with Crippen molar-refractivity contribution in [3.05, 3.63) is 0 Å². The average Bonchev–Trinajstić information content (AvgIpc) is 1.77. The monoisotopic (exact) mass is 131 g/mol. The Morgan fingerprint density at radius 2 is 2.50 bits per heavy atom. The second kappa shape index (κ2) is 2.49. The van der Waals surface area contributed by atoms with E-state index in [1.54, 1.807) is 0 Å². The minimum absolute atomic E-state index is 0.748. The van der Waals surface area contributed by atoms with Crippen molar-refractivity contribution >= 4 is 16.8 Å². The van der Waals surface area contributed by atoms with Gasteiger partial charge in [-0.25, -0.2) is 0 Å². The summed E-state index contributed by atoms with van der Waals surface area (Å²) in [6.45, 7) is 3.13. The van der Waals surface area contributed by atoms with Crippen molar-refractivity contribution in [1.82, 2.24) is 0 Å². The SMILES string of the molecule is C[C@H]1CCC(Cl)=NC1. The summed E-state index contributed by atoms with van der Waals surface area (Å²) in [5.74, 6) is 0.748. The Balaban J connectivity index is 2.42. The molecule has 0 aliphatic carbocycles. The fourth-order valence-electron chi connectivity index (χ4n) is 0.791. The fraction of sp³-hybridized carbons (Fsp3) is 0.833. The van der Waals surface area contributed by atoms with E-state index in [2.05, 4.69) is 11.9 Å². The summed E-state index contributed by atoms with van der Waals surface area (Å²) in [7, 11) is 0. The van der Waals surface area contributed by atoms with Gasteiger partial charge in [-0.3, -0.25) is 4.99 Å². The first-order valence-electron chi connectivity index (χ1n) is 2.98. The predicted molar refractivity (Wildman–Crippen MR) is 36.6 cm³/mol. The number of rotatable bonds is 0. The van der Waals surface area contributed by atoms with Crippen LogP contribution in [0.4, 0.5) is 0 Å². The Bertz CT molecular complexity index is 109. The van der Waals surface area contributed by atoms with Crippen molar-refractivity contribution in [1.29, 1.82) is 0 Å². The molecule has 1 rings (SSSR count). The van der Waals surface area contributed by atoms with Crippen LogP contribution in [0, 0.1) is 5.92 Å². The molecular formula is C6H10ClN. The molecule has 0 aromatic rings. The van der Waals surface area contributed by atoms with E-state index in [1.807, 2.05) is 0 Å². The third-order valence-electron chi connectivity index (χ3n) is 1.42. The minimum Gasteiger partial charge on any atom is -0.277 e. The van der Waals surface area contributed by atoms with E-state index < -0.39 is 0 Å². The van der Waals surface area contributed by atoms with Crippen molar-refractivity contribution < 1.29 is 0 Å². The molecule has 0 unspecified atom stereocenters. The van der Waals surface area contributed by atoms with Crippen LogP contribution in [-0.2, 0) is 0 Å². The Morgan fingerprint density at radius 1 is 1.75 bits per heavy atom. The molecule has 0 saturated heterocycles. The van der Waals surface area contributed by atoms with E-state index in [9.17, 15) is 0 Å². The van der Waals surface area contributed by atoms with Crippen LogP contribution in [0.15, 0.2) is 4.99 Å². The summed E-state index contributed by atoms with van der Waals surface area (Å²) >= 11 is 5.63. The second-order valence-corrected chi connectivity index (χ2v) is 2.80. The van der Waals surface area contributed by atoms with Crippen molar-refractivity contribution in [3.8, 4) is 0 Å². The molecule has 1 heterocycles. The average molecular weight is 132 g/mol. The van der Waals surface area contributed by atoms with E-state index >= 15 is 0 Å². The van der Waals surface area contributed by atoms with Crippen LogP contribution < -0.4 is 0 Å². The molecule has 0 aromatic heterocycles. The molecule has 1 nitrogen and oxygen atoms in total. The van der Waals surface area contributed by atoms with Gasteiger partial charge in [-0.1, -0.05) is 18.5 Å². The lowest BCUT2D eigenvalue weighted by Crippen LogP contribution is -2.08. The molecule has 46 valence electrons. The summed E-state index contributed by atoms with van der Waals surface area (Å²) in [6.07, 6.45) is 2.20. The first-order chi connectivity index (χ1) is 3.79. The van der Waals surface area contributed by atoms with Crippen LogP contribution >= 0.6 is 11.6 Å². The maximum atomic E-state index is 5.63. The Labute approximate surface area is 54.8 Å². The summed E-state index contributed by atoms with van der Waals surface area (Å²) < 4.78 is 0. The predicted octanol–water partition coefficient (Wildman–Crippen LogP) is 2.05. The highest BCUT2D eigenvalue weighted by molar-refractivity contribution is 6.65. The maximum Gasteiger partial charge on any atom is 0.100 e. The lowest BCUT2D eigenvalue weighted by molar-refractivity contribution is 0.541. The van der Waals surface area contributed by atoms with Crippen molar-refractivity contribution in [2.75, 3.05) is 6.54 Å². The molecule has 0 spiro atoms. The molecule has 0 saturated carbocycles. The lowest BCUT2D eigenvalue weighted by Gasteiger charge is -2.12. The van der Waals surface area contributed by atoms with Gasteiger partial charge in [0.25, 0.3) is 0 Å². The molecule has 0 amide bonds. The quantitative estimate of drug-likeness (QED) is 0.477. The standard InChI is InChI=1S/C6H10ClN/c1-5-2-3-6(7)8-4-5/h5H,2-4H2,1H3/t5-/m0/s1. The molecule has 1 aliphatic heterocycles. The van der Waals surface area contributed by atoms with Gasteiger partial charge in [0, 0.05) is 13.0 Å².